The fourth-order valence-corrected chi connectivity index (χ4v) is 4.08. The number of halogens is 1. The zero-order valence-electron chi connectivity index (χ0n) is 16.3. The Morgan fingerprint density at radius 3 is 2.44 bits per heavy atom. The first-order chi connectivity index (χ1) is 12.9. The zero-order valence-corrected chi connectivity index (χ0v) is 16.3. The summed E-state index contributed by atoms with van der Waals surface area (Å²) < 4.78 is 19.2. The molecular weight excluding hydrogens is 341 g/mol. The van der Waals surface area contributed by atoms with Gasteiger partial charge in [-0.1, -0.05) is 42.5 Å². The van der Waals surface area contributed by atoms with Crippen LogP contribution in [0.15, 0.2) is 54.6 Å². The topological polar surface area (TPSA) is 32.7 Å². The summed E-state index contributed by atoms with van der Waals surface area (Å²) in [6.07, 6.45) is 3.21. The summed E-state index contributed by atoms with van der Waals surface area (Å²) in [5.41, 5.74) is 1.45. The molecule has 3 nitrogen and oxygen atoms in total. The normalized spacial score (nSPS) is 25.7. The van der Waals surface area contributed by atoms with E-state index < -0.39 is 5.60 Å². The van der Waals surface area contributed by atoms with E-state index in [4.69, 9.17) is 4.74 Å². The van der Waals surface area contributed by atoms with Gasteiger partial charge in [-0.05, 0) is 56.6 Å². The fraction of sp³-hybridized carbons (Fsp3) is 0.478. The quantitative estimate of drug-likeness (QED) is 0.797. The monoisotopic (exact) mass is 371 g/mol. The van der Waals surface area contributed by atoms with Gasteiger partial charge in [0.25, 0.3) is 0 Å². The van der Waals surface area contributed by atoms with Crippen molar-refractivity contribution in [2.75, 3.05) is 20.6 Å². The van der Waals surface area contributed by atoms with Crippen LogP contribution in [0.25, 0.3) is 0 Å². The smallest absolute Gasteiger partial charge is 0.123 e. The Bertz CT molecular complexity index is 704. The molecule has 1 saturated carbocycles. The van der Waals surface area contributed by atoms with E-state index in [9.17, 15) is 9.50 Å². The molecule has 0 aromatic heterocycles. The second-order valence-corrected chi connectivity index (χ2v) is 8.06. The van der Waals surface area contributed by atoms with Gasteiger partial charge in [0.15, 0.2) is 0 Å². The van der Waals surface area contributed by atoms with Crippen LogP contribution in [-0.4, -0.2) is 42.4 Å². The van der Waals surface area contributed by atoms with E-state index in [0.29, 0.717) is 13.0 Å². The molecule has 3 atom stereocenters. The lowest BCUT2D eigenvalue weighted by Gasteiger charge is -2.44. The molecule has 1 aliphatic carbocycles. The molecular formula is C23H30FNO2. The zero-order chi connectivity index (χ0) is 19.3. The van der Waals surface area contributed by atoms with Crippen LogP contribution < -0.4 is 0 Å². The summed E-state index contributed by atoms with van der Waals surface area (Å²) in [6.45, 7) is 1.32. The molecule has 3 unspecified atom stereocenters. The number of hydrogen-bond donors (Lipinski definition) is 1. The largest absolute Gasteiger partial charge is 0.389 e. The average molecular weight is 371 g/mol. The molecule has 2 aromatic carbocycles. The van der Waals surface area contributed by atoms with Crippen molar-refractivity contribution >= 4 is 0 Å². The molecule has 146 valence electrons. The van der Waals surface area contributed by atoms with Gasteiger partial charge in [-0.2, -0.15) is 0 Å². The van der Waals surface area contributed by atoms with Crippen LogP contribution in [0.1, 0.15) is 30.4 Å². The van der Waals surface area contributed by atoms with Gasteiger partial charge in [0.05, 0.1) is 18.3 Å². The first-order valence-corrected chi connectivity index (χ1v) is 9.72. The van der Waals surface area contributed by atoms with Crippen LogP contribution in [0.4, 0.5) is 4.39 Å². The van der Waals surface area contributed by atoms with Crippen molar-refractivity contribution in [2.45, 2.75) is 44.0 Å². The van der Waals surface area contributed by atoms with Gasteiger partial charge in [0, 0.05) is 18.9 Å². The van der Waals surface area contributed by atoms with E-state index in [1.165, 1.54) is 17.7 Å². The second-order valence-electron chi connectivity index (χ2n) is 8.06. The summed E-state index contributed by atoms with van der Waals surface area (Å²) in [6, 6.07) is 16.7. The number of benzene rings is 2. The Balaban J connectivity index is 1.63. The number of ether oxygens (including phenoxy) is 1. The first-order valence-electron chi connectivity index (χ1n) is 9.72. The lowest BCUT2D eigenvalue weighted by molar-refractivity contribution is -0.105. The van der Waals surface area contributed by atoms with Gasteiger partial charge in [-0.25, -0.2) is 4.39 Å². The molecule has 0 radical (unpaired) electrons. The van der Waals surface area contributed by atoms with E-state index in [-0.39, 0.29) is 17.8 Å². The summed E-state index contributed by atoms with van der Waals surface area (Å²) in [5, 5.41) is 11.4. The van der Waals surface area contributed by atoms with E-state index in [1.54, 1.807) is 12.1 Å². The van der Waals surface area contributed by atoms with E-state index >= 15 is 0 Å². The molecule has 0 bridgehead atoms. The molecule has 1 N–H and O–H groups in total. The minimum Gasteiger partial charge on any atom is -0.389 e. The maximum Gasteiger partial charge on any atom is 0.123 e. The third-order valence-corrected chi connectivity index (χ3v) is 5.54. The standard InChI is InChI=1S/C23H30FNO2/c1-25(2)16-20-14-22(27-17-19-8-10-21(24)11-9-19)12-13-23(20,26)15-18-6-4-3-5-7-18/h3-11,20,22,26H,12-17H2,1-2H3. The predicted octanol–water partition coefficient (Wildman–Crippen LogP) is 4.05. The van der Waals surface area contributed by atoms with Crippen LogP contribution >= 0.6 is 0 Å². The maximum atomic E-state index is 13.0. The summed E-state index contributed by atoms with van der Waals surface area (Å²) >= 11 is 0. The summed E-state index contributed by atoms with van der Waals surface area (Å²) in [5.74, 6) is -0.0758. The Morgan fingerprint density at radius 2 is 1.78 bits per heavy atom. The fourth-order valence-electron chi connectivity index (χ4n) is 4.08. The SMILES string of the molecule is CN(C)CC1CC(OCc2ccc(F)cc2)CCC1(O)Cc1ccccc1. The van der Waals surface area contributed by atoms with Crippen LogP contribution in [-0.2, 0) is 17.8 Å². The Kier molecular flexibility index (Phi) is 6.64. The first kappa shape index (κ1) is 20.0. The van der Waals surface area contributed by atoms with E-state index in [2.05, 4.69) is 17.0 Å². The molecule has 2 aromatic rings. The third kappa shape index (κ3) is 5.61. The summed E-state index contributed by atoms with van der Waals surface area (Å²) in [7, 11) is 4.10. The van der Waals surface area contributed by atoms with Crippen molar-refractivity contribution in [3.8, 4) is 0 Å². The van der Waals surface area contributed by atoms with Crippen LogP contribution in [0, 0.1) is 11.7 Å². The minimum absolute atomic E-state index is 0.121. The molecule has 3 rings (SSSR count). The molecule has 4 heteroatoms. The van der Waals surface area contributed by atoms with Crippen molar-refractivity contribution in [3.63, 3.8) is 0 Å². The Hall–Kier alpha value is -1.75. The van der Waals surface area contributed by atoms with Crippen LogP contribution in [0.3, 0.4) is 0 Å². The molecule has 0 aliphatic heterocycles. The third-order valence-electron chi connectivity index (χ3n) is 5.54. The molecule has 0 saturated heterocycles. The number of nitrogens with zero attached hydrogens (tertiary/aromatic N) is 1. The van der Waals surface area contributed by atoms with Crippen molar-refractivity contribution in [1.29, 1.82) is 0 Å². The molecule has 0 spiro atoms. The average Bonchev–Trinajstić information content (AvgIpc) is 2.64. The van der Waals surface area contributed by atoms with Crippen LogP contribution in [0.5, 0.6) is 0 Å². The predicted molar refractivity (Wildman–Crippen MR) is 106 cm³/mol. The van der Waals surface area contributed by atoms with Crippen molar-refractivity contribution in [3.05, 3.63) is 71.5 Å². The van der Waals surface area contributed by atoms with Crippen LogP contribution in [0.2, 0.25) is 0 Å². The lowest BCUT2D eigenvalue weighted by atomic mass is 9.71. The van der Waals surface area contributed by atoms with Gasteiger partial charge < -0.3 is 14.7 Å². The molecule has 0 heterocycles. The highest BCUT2D eigenvalue weighted by atomic mass is 19.1. The highest BCUT2D eigenvalue weighted by molar-refractivity contribution is 5.18. The minimum atomic E-state index is -0.707. The highest BCUT2D eigenvalue weighted by Crippen LogP contribution is 2.38. The van der Waals surface area contributed by atoms with E-state index in [0.717, 1.165) is 31.4 Å². The van der Waals surface area contributed by atoms with Crippen molar-refractivity contribution in [1.82, 2.24) is 4.90 Å². The number of rotatable bonds is 7. The molecule has 1 fully saturated rings. The Morgan fingerprint density at radius 1 is 1.07 bits per heavy atom. The number of hydrogen-bond acceptors (Lipinski definition) is 3. The van der Waals surface area contributed by atoms with Gasteiger partial charge in [0.1, 0.15) is 5.82 Å². The number of aliphatic hydroxyl groups is 1. The lowest BCUT2D eigenvalue weighted by Crippen LogP contribution is -2.50. The van der Waals surface area contributed by atoms with E-state index in [1.807, 2.05) is 32.3 Å². The van der Waals surface area contributed by atoms with Gasteiger partial charge >= 0.3 is 0 Å². The summed E-state index contributed by atoms with van der Waals surface area (Å²) in [4.78, 5) is 2.14. The highest BCUT2D eigenvalue weighted by Gasteiger charge is 2.42. The Labute approximate surface area is 161 Å². The molecule has 27 heavy (non-hydrogen) atoms. The maximum absolute atomic E-state index is 13.0. The molecule has 0 amide bonds. The second kappa shape index (κ2) is 8.96. The van der Waals surface area contributed by atoms with Crippen molar-refractivity contribution in [2.24, 2.45) is 5.92 Å². The van der Waals surface area contributed by atoms with Crippen molar-refractivity contribution < 1.29 is 14.2 Å². The van der Waals surface area contributed by atoms with Gasteiger partial charge in [-0.3, -0.25) is 0 Å². The van der Waals surface area contributed by atoms with Gasteiger partial charge in [0.2, 0.25) is 0 Å². The van der Waals surface area contributed by atoms with Gasteiger partial charge in [-0.15, -0.1) is 0 Å². The molecule has 1 aliphatic rings.